The van der Waals surface area contributed by atoms with Crippen molar-refractivity contribution in [2.45, 2.75) is 45.6 Å². The molecule has 0 radical (unpaired) electrons. The molecule has 0 aliphatic carbocycles. The van der Waals surface area contributed by atoms with Gasteiger partial charge in [0, 0.05) is 48.3 Å². The van der Waals surface area contributed by atoms with Gasteiger partial charge in [0.05, 0.1) is 0 Å². The smallest absolute Gasteiger partial charge is 0.248 e. The average molecular weight is 355 g/mol. The Bertz CT molecular complexity index is 797. The van der Waals surface area contributed by atoms with E-state index in [0.29, 0.717) is 0 Å². The molecule has 1 atom stereocenters. The Balaban J connectivity index is 1.71. The highest BCUT2D eigenvalue weighted by atomic mass is 16.3. The van der Waals surface area contributed by atoms with Crippen molar-refractivity contribution in [2.24, 2.45) is 5.41 Å². The molecule has 0 bridgehead atoms. The number of aromatic nitrogens is 2. The fourth-order valence-electron chi connectivity index (χ4n) is 3.89. The van der Waals surface area contributed by atoms with Crippen molar-refractivity contribution in [1.29, 1.82) is 0 Å². The monoisotopic (exact) mass is 355 g/mol. The first-order valence-corrected chi connectivity index (χ1v) is 9.31. The first kappa shape index (κ1) is 18.8. The number of H-pyrrole nitrogens is 1. The van der Waals surface area contributed by atoms with E-state index >= 15 is 0 Å². The SMILES string of the molecule is Cc1ccc(C(C)(C)N2CCC(CO)(CCc3cc[nH]c(=O)c3)C2)cn1. The normalized spacial score (nSPS) is 21.2. The second-order valence-corrected chi connectivity index (χ2v) is 8.14. The van der Waals surface area contributed by atoms with Crippen LogP contribution in [0.25, 0.3) is 0 Å². The lowest BCUT2D eigenvalue weighted by molar-refractivity contribution is 0.0870. The zero-order chi connectivity index (χ0) is 18.8. The quantitative estimate of drug-likeness (QED) is 0.836. The number of aromatic amines is 1. The Hall–Kier alpha value is -1.98. The summed E-state index contributed by atoms with van der Waals surface area (Å²) in [5.41, 5.74) is 2.95. The van der Waals surface area contributed by atoms with Gasteiger partial charge in [0.25, 0.3) is 0 Å². The predicted octanol–water partition coefficient (Wildman–Crippen LogP) is 2.63. The van der Waals surface area contributed by atoms with Crippen LogP contribution in [0, 0.1) is 12.3 Å². The summed E-state index contributed by atoms with van der Waals surface area (Å²) in [5.74, 6) is 0. The average Bonchev–Trinajstić information content (AvgIpc) is 3.06. The van der Waals surface area contributed by atoms with Crippen molar-refractivity contribution in [2.75, 3.05) is 19.7 Å². The van der Waals surface area contributed by atoms with E-state index < -0.39 is 0 Å². The van der Waals surface area contributed by atoms with Crippen molar-refractivity contribution in [3.05, 3.63) is 63.8 Å². The van der Waals surface area contributed by atoms with Crippen LogP contribution in [0.5, 0.6) is 0 Å². The van der Waals surface area contributed by atoms with Crippen LogP contribution in [0.15, 0.2) is 41.5 Å². The molecule has 1 aliphatic rings. The van der Waals surface area contributed by atoms with Crippen LogP contribution in [0.1, 0.15) is 43.5 Å². The van der Waals surface area contributed by atoms with Crippen molar-refractivity contribution in [3.63, 3.8) is 0 Å². The molecule has 5 nitrogen and oxygen atoms in total. The third kappa shape index (κ3) is 3.89. The number of nitrogens with one attached hydrogen (secondary N) is 1. The van der Waals surface area contributed by atoms with Gasteiger partial charge in [-0.05, 0) is 69.8 Å². The zero-order valence-corrected chi connectivity index (χ0v) is 16.0. The molecule has 26 heavy (non-hydrogen) atoms. The summed E-state index contributed by atoms with van der Waals surface area (Å²) >= 11 is 0. The molecule has 0 aromatic carbocycles. The second-order valence-electron chi connectivity index (χ2n) is 8.14. The molecule has 0 amide bonds. The van der Waals surface area contributed by atoms with Gasteiger partial charge >= 0.3 is 0 Å². The van der Waals surface area contributed by atoms with E-state index in [4.69, 9.17) is 0 Å². The summed E-state index contributed by atoms with van der Waals surface area (Å²) in [6.45, 7) is 8.43. The number of pyridine rings is 2. The molecule has 140 valence electrons. The highest BCUT2D eigenvalue weighted by molar-refractivity contribution is 5.22. The number of likely N-dealkylation sites (tertiary alicyclic amines) is 1. The van der Waals surface area contributed by atoms with Crippen molar-refractivity contribution >= 4 is 0 Å². The molecule has 0 saturated carbocycles. The van der Waals surface area contributed by atoms with E-state index in [0.717, 1.165) is 43.6 Å². The van der Waals surface area contributed by atoms with Crippen LogP contribution >= 0.6 is 0 Å². The van der Waals surface area contributed by atoms with Gasteiger partial charge < -0.3 is 10.1 Å². The summed E-state index contributed by atoms with van der Waals surface area (Å²) in [7, 11) is 0. The van der Waals surface area contributed by atoms with Gasteiger partial charge in [-0.15, -0.1) is 0 Å². The van der Waals surface area contributed by atoms with Crippen LogP contribution in [0.4, 0.5) is 0 Å². The minimum Gasteiger partial charge on any atom is -0.396 e. The Labute approximate surface area is 155 Å². The van der Waals surface area contributed by atoms with Gasteiger partial charge in [-0.3, -0.25) is 14.7 Å². The van der Waals surface area contributed by atoms with Crippen LogP contribution < -0.4 is 5.56 Å². The fourth-order valence-corrected chi connectivity index (χ4v) is 3.89. The maximum atomic E-state index is 11.5. The molecule has 2 aromatic rings. The molecule has 2 N–H and O–H groups in total. The molecule has 2 aromatic heterocycles. The summed E-state index contributed by atoms with van der Waals surface area (Å²) < 4.78 is 0. The Kier molecular flexibility index (Phi) is 5.30. The van der Waals surface area contributed by atoms with E-state index in [1.54, 1.807) is 12.3 Å². The lowest BCUT2D eigenvalue weighted by atomic mass is 9.82. The van der Waals surface area contributed by atoms with Gasteiger partial charge in [-0.1, -0.05) is 6.07 Å². The van der Waals surface area contributed by atoms with E-state index in [1.807, 2.05) is 19.2 Å². The maximum absolute atomic E-state index is 11.5. The number of aliphatic hydroxyl groups is 1. The zero-order valence-electron chi connectivity index (χ0n) is 16.0. The molecule has 0 spiro atoms. The minimum atomic E-state index is -0.123. The van der Waals surface area contributed by atoms with E-state index in [2.05, 4.69) is 40.8 Å². The molecule has 3 rings (SSSR count). The van der Waals surface area contributed by atoms with Crippen LogP contribution in [-0.2, 0) is 12.0 Å². The van der Waals surface area contributed by atoms with Crippen molar-refractivity contribution < 1.29 is 5.11 Å². The first-order chi connectivity index (χ1) is 12.3. The predicted molar refractivity (Wildman–Crippen MR) is 103 cm³/mol. The number of aryl methyl sites for hydroxylation is 2. The summed E-state index contributed by atoms with van der Waals surface area (Å²) in [6.07, 6.45) is 6.31. The highest BCUT2D eigenvalue weighted by Gasteiger charge is 2.43. The molecular formula is C21H29N3O2. The Morgan fingerprint density at radius 3 is 2.81 bits per heavy atom. The summed E-state index contributed by atoms with van der Waals surface area (Å²) in [6, 6.07) is 7.80. The standard InChI is InChI=1S/C21H29N3O2/c1-16-4-5-18(13-23-16)20(2,3)24-11-9-21(14-24,15-25)8-6-17-7-10-22-19(26)12-17/h4-5,7,10,12-13,25H,6,8-9,11,14-15H2,1-3H3,(H,22,26). The van der Waals surface area contributed by atoms with Gasteiger partial charge in [0.15, 0.2) is 0 Å². The molecular weight excluding hydrogens is 326 g/mol. The molecule has 1 aliphatic heterocycles. The highest BCUT2D eigenvalue weighted by Crippen LogP contribution is 2.41. The van der Waals surface area contributed by atoms with Gasteiger partial charge in [0.1, 0.15) is 0 Å². The van der Waals surface area contributed by atoms with E-state index in [9.17, 15) is 9.90 Å². The summed E-state index contributed by atoms with van der Waals surface area (Å²) in [4.78, 5) is 21.0. The lowest BCUT2D eigenvalue weighted by Crippen LogP contribution is -2.42. The van der Waals surface area contributed by atoms with Gasteiger partial charge in [0.2, 0.25) is 5.56 Å². The number of aliphatic hydroxyl groups excluding tert-OH is 1. The molecule has 1 unspecified atom stereocenters. The largest absolute Gasteiger partial charge is 0.396 e. The van der Waals surface area contributed by atoms with Crippen molar-refractivity contribution in [1.82, 2.24) is 14.9 Å². The maximum Gasteiger partial charge on any atom is 0.248 e. The fraction of sp³-hybridized carbons (Fsp3) is 0.524. The molecule has 5 heteroatoms. The number of hydrogen-bond acceptors (Lipinski definition) is 4. The van der Waals surface area contributed by atoms with Crippen LogP contribution in [-0.4, -0.2) is 39.7 Å². The molecule has 3 heterocycles. The summed E-state index contributed by atoms with van der Waals surface area (Å²) in [5, 5.41) is 10.1. The molecule has 1 saturated heterocycles. The van der Waals surface area contributed by atoms with Crippen LogP contribution in [0.3, 0.4) is 0 Å². The Morgan fingerprint density at radius 1 is 1.35 bits per heavy atom. The third-order valence-electron chi connectivity index (χ3n) is 5.97. The first-order valence-electron chi connectivity index (χ1n) is 9.31. The number of rotatable bonds is 6. The van der Waals surface area contributed by atoms with Crippen molar-refractivity contribution in [3.8, 4) is 0 Å². The van der Waals surface area contributed by atoms with E-state index in [-0.39, 0.29) is 23.1 Å². The second kappa shape index (κ2) is 7.33. The number of nitrogens with zero attached hydrogens (tertiary/aromatic N) is 2. The van der Waals surface area contributed by atoms with Gasteiger partial charge in [-0.25, -0.2) is 0 Å². The van der Waals surface area contributed by atoms with Gasteiger partial charge in [-0.2, -0.15) is 0 Å². The van der Waals surface area contributed by atoms with E-state index in [1.165, 1.54) is 5.56 Å². The number of hydrogen-bond donors (Lipinski definition) is 2. The topological polar surface area (TPSA) is 69.2 Å². The Morgan fingerprint density at radius 2 is 2.15 bits per heavy atom. The third-order valence-corrected chi connectivity index (χ3v) is 5.97. The van der Waals surface area contributed by atoms with Crippen LogP contribution in [0.2, 0.25) is 0 Å². The lowest BCUT2D eigenvalue weighted by Gasteiger charge is -2.37. The minimum absolute atomic E-state index is 0.0680. The molecule has 1 fully saturated rings.